The first-order valence-corrected chi connectivity index (χ1v) is 4.74. The number of hydrogen-bond donors (Lipinski definition) is 1. The first kappa shape index (κ1) is 9.91. The van der Waals surface area contributed by atoms with Crippen molar-refractivity contribution in [1.29, 1.82) is 0 Å². The Labute approximate surface area is 90.7 Å². The van der Waals surface area contributed by atoms with E-state index in [1.165, 1.54) is 16.8 Å². The smallest absolute Gasteiger partial charge is 0.357 e. The first-order valence-electron chi connectivity index (χ1n) is 4.30. The zero-order chi connectivity index (χ0) is 10.8. The van der Waals surface area contributed by atoms with Crippen molar-refractivity contribution in [2.45, 2.75) is 11.9 Å². The van der Waals surface area contributed by atoms with Gasteiger partial charge in [-0.25, -0.2) is 9.78 Å². The average molecular weight is 224 g/mol. The number of rotatable bonds is 2. The first-order chi connectivity index (χ1) is 7.22. The van der Waals surface area contributed by atoms with Crippen LogP contribution in [0, 0.1) is 0 Å². The van der Waals surface area contributed by atoms with Gasteiger partial charge in [-0.2, -0.15) is 4.52 Å². The standard InChI is InChI=1S/C8H8N4O2S/c1-2-14-8(13)5-3-7(15)12-6(10-5)4-9-11-12/h3-4,15H,2H2,1H3. The maximum atomic E-state index is 11.4. The van der Waals surface area contributed by atoms with Crippen LogP contribution < -0.4 is 0 Å². The summed E-state index contributed by atoms with van der Waals surface area (Å²) in [4.78, 5) is 15.4. The molecule has 0 radical (unpaired) electrons. The van der Waals surface area contributed by atoms with Crippen molar-refractivity contribution in [3.05, 3.63) is 18.0 Å². The lowest BCUT2D eigenvalue weighted by molar-refractivity contribution is 0.0519. The van der Waals surface area contributed by atoms with E-state index in [0.717, 1.165) is 0 Å². The lowest BCUT2D eigenvalue weighted by Crippen LogP contribution is -2.09. The number of fused-ring (bicyclic) bond motifs is 1. The number of esters is 1. The zero-order valence-electron chi connectivity index (χ0n) is 7.91. The van der Waals surface area contributed by atoms with Gasteiger partial charge in [0.25, 0.3) is 0 Å². The Hall–Kier alpha value is -1.63. The highest BCUT2D eigenvalue weighted by molar-refractivity contribution is 7.80. The summed E-state index contributed by atoms with van der Waals surface area (Å²) in [6.07, 6.45) is 1.45. The monoisotopic (exact) mass is 224 g/mol. The van der Waals surface area contributed by atoms with E-state index < -0.39 is 5.97 Å². The minimum absolute atomic E-state index is 0.205. The summed E-state index contributed by atoms with van der Waals surface area (Å²) < 4.78 is 6.25. The predicted octanol–water partition coefficient (Wildman–Crippen LogP) is 0.590. The number of hydrogen-bond acceptors (Lipinski definition) is 6. The van der Waals surface area contributed by atoms with E-state index in [1.54, 1.807) is 6.92 Å². The van der Waals surface area contributed by atoms with Gasteiger partial charge in [0.15, 0.2) is 11.3 Å². The lowest BCUT2D eigenvalue weighted by atomic mass is 10.4. The van der Waals surface area contributed by atoms with E-state index in [9.17, 15) is 4.79 Å². The van der Waals surface area contributed by atoms with Crippen LogP contribution in [0.1, 0.15) is 17.4 Å². The summed E-state index contributed by atoms with van der Waals surface area (Å²) in [7, 11) is 0. The molecule has 2 heterocycles. The van der Waals surface area contributed by atoms with Crippen LogP contribution in [0.2, 0.25) is 0 Å². The fourth-order valence-corrected chi connectivity index (χ4v) is 1.38. The third-order valence-electron chi connectivity index (χ3n) is 1.73. The van der Waals surface area contributed by atoms with Gasteiger partial charge in [0.2, 0.25) is 0 Å². The Morgan fingerprint density at radius 1 is 1.67 bits per heavy atom. The van der Waals surface area contributed by atoms with Crippen LogP contribution in [-0.4, -0.2) is 32.4 Å². The second-order valence-corrected chi connectivity index (χ2v) is 3.18. The fraction of sp³-hybridized carbons (Fsp3) is 0.250. The van der Waals surface area contributed by atoms with Crippen LogP contribution >= 0.6 is 12.6 Å². The quantitative estimate of drug-likeness (QED) is 0.459. The van der Waals surface area contributed by atoms with Gasteiger partial charge in [-0.05, 0) is 6.92 Å². The molecule has 0 spiro atoms. The van der Waals surface area contributed by atoms with Crippen LogP contribution in [0.4, 0.5) is 0 Å². The number of thiol groups is 1. The number of carbonyl (C=O) groups is 1. The summed E-state index contributed by atoms with van der Waals surface area (Å²) in [5.74, 6) is -0.475. The molecule has 2 rings (SSSR count). The summed E-state index contributed by atoms with van der Waals surface area (Å²) >= 11 is 4.16. The fourth-order valence-electron chi connectivity index (χ4n) is 1.12. The van der Waals surface area contributed by atoms with Crippen molar-refractivity contribution in [3.63, 3.8) is 0 Å². The molecule has 2 aromatic rings. The van der Waals surface area contributed by atoms with Gasteiger partial charge in [-0.15, -0.1) is 17.7 Å². The van der Waals surface area contributed by atoms with Gasteiger partial charge in [-0.1, -0.05) is 5.21 Å². The van der Waals surface area contributed by atoms with E-state index in [-0.39, 0.29) is 5.69 Å². The lowest BCUT2D eigenvalue weighted by Gasteiger charge is -2.02. The SMILES string of the molecule is CCOC(=O)c1cc(S)n2nncc2n1. The number of ether oxygens (including phenoxy) is 1. The molecule has 0 aliphatic rings. The normalized spacial score (nSPS) is 10.5. The molecule has 0 atom stereocenters. The van der Waals surface area contributed by atoms with Gasteiger partial charge in [-0.3, -0.25) is 0 Å². The van der Waals surface area contributed by atoms with Crippen LogP contribution in [0.15, 0.2) is 17.3 Å². The van der Waals surface area contributed by atoms with E-state index in [1.807, 2.05) is 0 Å². The Morgan fingerprint density at radius 2 is 2.47 bits per heavy atom. The summed E-state index contributed by atoms with van der Waals surface area (Å²) in [5, 5.41) is 7.88. The molecule has 0 unspecified atom stereocenters. The van der Waals surface area contributed by atoms with Gasteiger partial charge in [0.1, 0.15) is 5.03 Å². The molecule has 2 aromatic heterocycles. The summed E-state index contributed by atoms with van der Waals surface area (Å²) in [6, 6.07) is 1.49. The molecule has 0 aliphatic carbocycles. The third-order valence-corrected chi connectivity index (χ3v) is 2.05. The third kappa shape index (κ3) is 1.78. The van der Waals surface area contributed by atoms with Crippen molar-refractivity contribution in [3.8, 4) is 0 Å². The number of nitrogens with zero attached hydrogens (tertiary/aromatic N) is 4. The van der Waals surface area contributed by atoms with E-state index in [4.69, 9.17) is 4.74 Å². The average Bonchev–Trinajstić information content (AvgIpc) is 2.66. The van der Waals surface area contributed by atoms with Crippen molar-refractivity contribution in [2.24, 2.45) is 0 Å². The van der Waals surface area contributed by atoms with Crippen molar-refractivity contribution in [1.82, 2.24) is 19.8 Å². The minimum atomic E-state index is -0.475. The van der Waals surface area contributed by atoms with Crippen molar-refractivity contribution in [2.75, 3.05) is 6.61 Å². The number of carbonyl (C=O) groups excluding carboxylic acids is 1. The molecule has 0 aromatic carbocycles. The Kier molecular flexibility index (Phi) is 2.55. The molecule has 7 heteroatoms. The molecule has 0 N–H and O–H groups in total. The summed E-state index contributed by atoms with van der Waals surface area (Å²) in [6.45, 7) is 2.05. The van der Waals surface area contributed by atoms with Crippen LogP contribution in [0.5, 0.6) is 0 Å². The predicted molar refractivity (Wildman–Crippen MR) is 54.0 cm³/mol. The Balaban J connectivity index is 2.49. The molecular formula is C8H8N4O2S. The Morgan fingerprint density at radius 3 is 3.20 bits per heavy atom. The van der Waals surface area contributed by atoms with Crippen LogP contribution in [0.25, 0.3) is 5.65 Å². The molecule has 0 amide bonds. The Bertz CT molecular complexity index is 510. The van der Waals surface area contributed by atoms with Gasteiger partial charge in [0.05, 0.1) is 12.8 Å². The largest absolute Gasteiger partial charge is 0.461 e. The molecule has 0 saturated carbocycles. The molecule has 0 aliphatic heterocycles. The molecule has 78 valence electrons. The highest BCUT2D eigenvalue weighted by Crippen LogP contribution is 2.10. The minimum Gasteiger partial charge on any atom is -0.461 e. The molecular weight excluding hydrogens is 216 g/mol. The second kappa shape index (κ2) is 3.85. The van der Waals surface area contributed by atoms with Gasteiger partial charge < -0.3 is 4.74 Å². The maximum absolute atomic E-state index is 11.4. The van der Waals surface area contributed by atoms with Crippen LogP contribution in [0.3, 0.4) is 0 Å². The van der Waals surface area contributed by atoms with Crippen LogP contribution in [-0.2, 0) is 4.74 Å². The number of aromatic nitrogens is 4. The highest BCUT2D eigenvalue weighted by atomic mass is 32.1. The maximum Gasteiger partial charge on any atom is 0.357 e. The van der Waals surface area contributed by atoms with E-state index in [2.05, 4.69) is 27.9 Å². The molecule has 6 nitrogen and oxygen atoms in total. The second-order valence-electron chi connectivity index (χ2n) is 2.72. The molecule has 0 bridgehead atoms. The van der Waals surface area contributed by atoms with E-state index >= 15 is 0 Å². The zero-order valence-corrected chi connectivity index (χ0v) is 8.81. The molecule has 0 fully saturated rings. The van der Waals surface area contributed by atoms with Gasteiger partial charge >= 0.3 is 5.97 Å². The van der Waals surface area contributed by atoms with Crippen molar-refractivity contribution >= 4 is 24.2 Å². The van der Waals surface area contributed by atoms with E-state index in [0.29, 0.717) is 17.3 Å². The highest BCUT2D eigenvalue weighted by Gasteiger charge is 2.12. The van der Waals surface area contributed by atoms with Crippen molar-refractivity contribution < 1.29 is 9.53 Å². The summed E-state index contributed by atoms with van der Waals surface area (Å²) in [5.41, 5.74) is 0.669. The van der Waals surface area contributed by atoms with Gasteiger partial charge in [0, 0.05) is 6.07 Å². The molecule has 0 saturated heterocycles. The topological polar surface area (TPSA) is 69.4 Å². The molecule has 15 heavy (non-hydrogen) atoms.